The summed E-state index contributed by atoms with van der Waals surface area (Å²) >= 11 is 0. The Morgan fingerprint density at radius 1 is 1.15 bits per heavy atom. The number of nitrogens with zero attached hydrogens (tertiary/aromatic N) is 3. The Hall–Kier alpha value is -3.30. The summed E-state index contributed by atoms with van der Waals surface area (Å²) in [4.78, 5) is 8.36. The first-order chi connectivity index (χ1) is 13.0. The van der Waals surface area contributed by atoms with Gasteiger partial charge in [0.05, 0.1) is 18.4 Å². The number of halogens is 3. The van der Waals surface area contributed by atoms with Gasteiger partial charge in [-0.15, -0.1) is 5.10 Å². The van der Waals surface area contributed by atoms with E-state index < -0.39 is 11.7 Å². The lowest BCUT2D eigenvalue weighted by Crippen LogP contribution is -2.36. The van der Waals surface area contributed by atoms with Gasteiger partial charge in [-0.3, -0.25) is 10.1 Å². The Morgan fingerprint density at radius 3 is 2.52 bits per heavy atom. The molecule has 0 radical (unpaired) electrons. The lowest BCUT2D eigenvalue weighted by molar-refractivity contribution is -0.137. The van der Waals surface area contributed by atoms with E-state index in [9.17, 15) is 13.2 Å². The first kappa shape index (κ1) is 18.5. The first-order valence-corrected chi connectivity index (χ1v) is 8.01. The molecule has 0 aliphatic carbocycles. The van der Waals surface area contributed by atoms with Crippen molar-refractivity contribution in [1.82, 2.24) is 25.8 Å². The fourth-order valence-corrected chi connectivity index (χ4v) is 2.28. The van der Waals surface area contributed by atoms with Gasteiger partial charge in [0.2, 0.25) is 5.82 Å². The van der Waals surface area contributed by atoms with E-state index in [1.807, 2.05) is 0 Å². The van der Waals surface area contributed by atoms with Crippen molar-refractivity contribution < 1.29 is 17.6 Å². The minimum absolute atomic E-state index is 0.325. The largest absolute Gasteiger partial charge is 0.461 e. The molecule has 0 fully saturated rings. The van der Waals surface area contributed by atoms with Gasteiger partial charge >= 0.3 is 6.18 Å². The summed E-state index contributed by atoms with van der Waals surface area (Å²) in [7, 11) is 1.59. The Kier molecular flexibility index (Phi) is 5.43. The van der Waals surface area contributed by atoms with Gasteiger partial charge < -0.3 is 15.1 Å². The summed E-state index contributed by atoms with van der Waals surface area (Å²) in [5, 5.41) is 12.9. The van der Waals surface area contributed by atoms with Crippen LogP contribution in [-0.4, -0.2) is 28.2 Å². The molecule has 0 unspecified atom stereocenters. The highest BCUT2D eigenvalue weighted by Gasteiger charge is 2.29. The molecule has 0 bridgehead atoms. The highest BCUT2D eigenvalue weighted by molar-refractivity contribution is 5.79. The summed E-state index contributed by atoms with van der Waals surface area (Å²) in [6.07, 6.45) is -2.80. The maximum Gasteiger partial charge on any atom is 0.416 e. The average molecular weight is 378 g/mol. The number of nitrogens with one attached hydrogen (secondary N) is 3. The SMILES string of the molecule is CN=C(NCc1ccc(C(F)(F)F)cc1)NCc1nc(-c2ccco2)n[nH]1. The molecule has 0 saturated heterocycles. The minimum Gasteiger partial charge on any atom is -0.461 e. The highest BCUT2D eigenvalue weighted by Crippen LogP contribution is 2.29. The summed E-state index contributed by atoms with van der Waals surface area (Å²) in [6.45, 7) is 0.659. The average Bonchev–Trinajstić information content (AvgIpc) is 3.33. The van der Waals surface area contributed by atoms with Crippen molar-refractivity contribution in [2.45, 2.75) is 19.3 Å². The van der Waals surface area contributed by atoms with Crippen molar-refractivity contribution in [3.05, 3.63) is 59.6 Å². The third kappa shape index (κ3) is 4.87. The number of guanidine groups is 1. The smallest absolute Gasteiger partial charge is 0.416 e. The van der Waals surface area contributed by atoms with Gasteiger partial charge in [0.25, 0.3) is 0 Å². The monoisotopic (exact) mass is 378 g/mol. The van der Waals surface area contributed by atoms with E-state index in [0.717, 1.165) is 12.1 Å². The van der Waals surface area contributed by atoms with Gasteiger partial charge in [0, 0.05) is 13.6 Å². The summed E-state index contributed by atoms with van der Waals surface area (Å²) in [5.41, 5.74) is 0.0251. The van der Waals surface area contributed by atoms with Crippen LogP contribution in [0, 0.1) is 0 Å². The highest BCUT2D eigenvalue weighted by atomic mass is 19.4. The Morgan fingerprint density at radius 2 is 1.89 bits per heavy atom. The van der Waals surface area contributed by atoms with Crippen LogP contribution in [0.25, 0.3) is 11.6 Å². The van der Waals surface area contributed by atoms with Crippen LogP contribution in [0.2, 0.25) is 0 Å². The molecule has 3 aromatic rings. The number of rotatable bonds is 5. The molecule has 3 rings (SSSR count). The third-order valence-corrected chi connectivity index (χ3v) is 3.66. The fourth-order valence-electron chi connectivity index (χ4n) is 2.28. The molecule has 2 heterocycles. The topological polar surface area (TPSA) is 91.1 Å². The Balaban J connectivity index is 1.51. The number of H-pyrrole nitrogens is 1. The van der Waals surface area contributed by atoms with Gasteiger partial charge in [-0.1, -0.05) is 12.1 Å². The van der Waals surface area contributed by atoms with Crippen LogP contribution in [0.3, 0.4) is 0 Å². The molecule has 10 heteroatoms. The second-order valence-corrected chi connectivity index (χ2v) is 5.56. The normalized spacial score (nSPS) is 12.2. The lowest BCUT2D eigenvalue weighted by Gasteiger charge is -2.12. The molecule has 0 amide bonds. The van der Waals surface area contributed by atoms with E-state index in [0.29, 0.717) is 42.0 Å². The quantitative estimate of drug-likeness (QED) is 0.469. The molecule has 7 nitrogen and oxygen atoms in total. The zero-order valence-corrected chi connectivity index (χ0v) is 14.3. The van der Waals surface area contributed by atoms with Gasteiger partial charge in [0.15, 0.2) is 11.7 Å². The summed E-state index contributed by atoms with van der Waals surface area (Å²) in [5.74, 6) is 2.07. The predicted octanol–water partition coefficient (Wildman–Crippen LogP) is 2.95. The van der Waals surface area contributed by atoms with Crippen molar-refractivity contribution >= 4 is 5.96 Å². The van der Waals surface area contributed by atoms with E-state index in [2.05, 4.69) is 30.8 Å². The van der Waals surface area contributed by atoms with Crippen LogP contribution >= 0.6 is 0 Å². The zero-order valence-electron chi connectivity index (χ0n) is 14.3. The lowest BCUT2D eigenvalue weighted by atomic mass is 10.1. The maximum atomic E-state index is 12.6. The minimum atomic E-state index is -4.34. The van der Waals surface area contributed by atoms with E-state index in [4.69, 9.17) is 4.42 Å². The molecule has 27 heavy (non-hydrogen) atoms. The number of alkyl halides is 3. The standard InChI is InChI=1S/C17H17F3N6O/c1-21-16(22-9-11-4-6-12(7-5-11)17(18,19)20)23-10-14-24-15(26-25-14)13-3-2-8-27-13/h2-8H,9-10H2,1H3,(H2,21,22,23)(H,24,25,26). The molecule has 0 atom stereocenters. The molecule has 2 aromatic heterocycles. The number of hydrogen-bond donors (Lipinski definition) is 3. The molecular weight excluding hydrogens is 361 g/mol. The fraction of sp³-hybridized carbons (Fsp3) is 0.235. The molecule has 3 N–H and O–H groups in total. The Bertz CT molecular complexity index is 884. The molecule has 1 aromatic carbocycles. The summed E-state index contributed by atoms with van der Waals surface area (Å²) < 4.78 is 43.0. The van der Waals surface area contributed by atoms with Gasteiger partial charge in [-0.2, -0.15) is 13.2 Å². The number of hydrogen-bond acceptors (Lipinski definition) is 4. The predicted molar refractivity (Wildman–Crippen MR) is 92.6 cm³/mol. The molecule has 0 aliphatic rings. The molecule has 0 spiro atoms. The van der Waals surface area contributed by atoms with Gasteiger partial charge in [-0.05, 0) is 29.8 Å². The molecule has 142 valence electrons. The maximum absolute atomic E-state index is 12.6. The van der Waals surface area contributed by atoms with Crippen LogP contribution < -0.4 is 10.6 Å². The number of furan rings is 1. The van der Waals surface area contributed by atoms with Crippen LogP contribution in [0.5, 0.6) is 0 Å². The van der Waals surface area contributed by atoms with Crippen molar-refractivity contribution in [3.8, 4) is 11.6 Å². The first-order valence-electron chi connectivity index (χ1n) is 8.01. The molecule has 0 aliphatic heterocycles. The van der Waals surface area contributed by atoms with E-state index in [1.54, 1.807) is 19.2 Å². The number of aromatic nitrogens is 3. The van der Waals surface area contributed by atoms with Crippen LogP contribution in [0.4, 0.5) is 13.2 Å². The number of benzene rings is 1. The van der Waals surface area contributed by atoms with Crippen LogP contribution in [-0.2, 0) is 19.3 Å². The van der Waals surface area contributed by atoms with E-state index in [-0.39, 0.29) is 0 Å². The van der Waals surface area contributed by atoms with Gasteiger partial charge in [-0.25, -0.2) is 4.98 Å². The summed E-state index contributed by atoms with van der Waals surface area (Å²) in [6, 6.07) is 8.46. The number of aromatic amines is 1. The van der Waals surface area contributed by atoms with Crippen molar-refractivity contribution in [1.29, 1.82) is 0 Å². The molecule has 0 saturated carbocycles. The zero-order chi connectivity index (χ0) is 19.3. The molecular formula is C17H17F3N6O. The van der Waals surface area contributed by atoms with Crippen molar-refractivity contribution in [2.24, 2.45) is 4.99 Å². The van der Waals surface area contributed by atoms with Gasteiger partial charge in [0.1, 0.15) is 5.82 Å². The van der Waals surface area contributed by atoms with Crippen LogP contribution in [0.15, 0.2) is 52.1 Å². The Labute approximate surface area is 152 Å². The van der Waals surface area contributed by atoms with E-state index >= 15 is 0 Å². The second kappa shape index (κ2) is 7.94. The third-order valence-electron chi connectivity index (χ3n) is 3.66. The van der Waals surface area contributed by atoms with E-state index in [1.165, 1.54) is 18.4 Å². The van der Waals surface area contributed by atoms with Crippen molar-refractivity contribution in [3.63, 3.8) is 0 Å². The van der Waals surface area contributed by atoms with Crippen LogP contribution in [0.1, 0.15) is 17.0 Å². The van der Waals surface area contributed by atoms with Crippen molar-refractivity contribution in [2.75, 3.05) is 7.05 Å². The second-order valence-electron chi connectivity index (χ2n) is 5.56. The number of aliphatic imine (C=N–C) groups is 1.